The lowest BCUT2D eigenvalue weighted by molar-refractivity contribution is -0.151. The molecule has 1 aliphatic carbocycles. The van der Waals surface area contributed by atoms with Gasteiger partial charge in [-0.15, -0.1) is 12.9 Å². The minimum atomic E-state index is -0.549. The molecule has 2 atom stereocenters. The fraction of sp³-hybridized carbons (Fsp3) is 0.400. The standard InChI is InChI=1S/C10H12NO4P/c1-10(5-6(10)16-2)9(14)15-11-7(12)3-4-8(11)13/h3-4,6,12-13H,2,5H2,1H3. The molecule has 0 amide bonds. The van der Waals surface area contributed by atoms with Gasteiger partial charge in [0, 0.05) is 17.8 Å². The Bertz CT molecular complexity index is 436. The summed E-state index contributed by atoms with van der Waals surface area (Å²) in [6.45, 7) is 1.79. The number of hydrogen-bond acceptors (Lipinski definition) is 4. The van der Waals surface area contributed by atoms with Crippen molar-refractivity contribution in [2.75, 3.05) is 0 Å². The van der Waals surface area contributed by atoms with Gasteiger partial charge in [0.25, 0.3) is 0 Å². The average molecular weight is 241 g/mol. The van der Waals surface area contributed by atoms with E-state index < -0.39 is 11.4 Å². The highest BCUT2D eigenvalue weighted by Crippen LogP contribution is 2.53. The molecular weight excluding hydrogens is 229 g/mol. The molecule has 86 valence electrons. The van der Waals surface area contributed by atoms with E-state index >= 15 is 0 Å². The first-order chi connectivity index (χ1) is 7.49. The zero-order valence-electron chi connectivity index (χ0n) is 8.75. The molecule has 16 heavy (non-hydrogen) atoms. The van der Waals surface area contributed by atoms with Gasteiger partial charge in [-0.05, 0) is 13.3 Å². The third-order valence-electron chi connectivity index (χ3n) is 2.85. The summed E-state index contributed by atoms with van der Waals surface area (Å²) in [7, 11) is 0.905. The normalized spacial score (nSPS) is 27.9. The number of aromatic hydroxyl groups is 2. The number of aromatic nitrogens is 1. The number of carbonyl (C=O) groups excluding carboxylic acids is 1. The van der Waals surface area contributed by atoms with Crippen molar-refractivity contribution in [3.05, 3.63) is 12.1 Å². The van der Waals surface area contributed by atoms with Crippen molar-refractivity contribution in [2.24, 2.45) is 5.41 Å². The largest absolute Gasteiger partial charge is 0.492 e. The van der Waals surface area contributed by atoms with Gasteiger partial charge in [-0.2, -0.15) is 0 Å². The van der Waals surface area contributed by atoms with Crippen LogP contribution in [-0.2, 0) is 4.79 Å². The van der Waals surface area contributed by atoms with Crippen molar-refractivity contribution in [1.29, 1.82) is 0 Å². The first-order valence-corrected chi connectivity index (χ1v) is 5.92. The Morgan fingerprint density at radius 3 is 2.62 bits per heavy atom. The van der Waals surface area contributed by atoms with Crippen molar-refractivity contribution in [3.8, 4) is 11.8 Å². The monoisotopic (exact) mass is 241 g/mol. The molecule has 0 bridgehead atoms. The number of rotatable bonds is 3. The molecule has 0 aliphatic heterocycles. The SMILES string of the molecule is C=PC1CC1(C)C(=O)On1c(O)ccc1O. The van der Waals surface area contributed by atoms with Crippen LogP contribution in [0.3, 0.4) is 0 Å². The Morgan fingerprint density at radius 1 is 1.62 bits per heavy atom. The van der Waals surface area contributed by atoms with Gasteiger partial charge in [-0.1, -0.05) is 6.30 Å². The average Bonchev–Trinajstić information content (AvgIpc) is 2.85. The maximum absolute atomic E-state index is 11.8. The molecule has 0 saturated heterocycles. The molecule has 2 rings (SSSR count). The minimum absolute atomic E-state index is 0.194. The lowest BCUT2D eigenvalue weighted by Gasteiger charge is -2.11. The highest BCUT2D eigenvalue weighted by molar-refractivity contribution is 7.38. The van der Waals surface area contributed by atoms with E-state index in [1.54, 1.807) is 6.92 Å². The van der Waals surface area contributed by atoms with Gasteiger partial charge in [-0.25, -0.2) is 4.79 Å². The van der Waals surface area contributed by atoms with E-state index in [0.717, 1.165) is 14.6 Å². The van der Waals surface area contributed by atoms with E-state index in [-0.39, 0.29) is 17.4 Å². The Balaban J connectivity index is 2.12. The zero-order valence-corrected chi connectivity index (χ0v) is 9.65. The predicted molar refractivity (Wildman–Crippen MR) is 59.9 cm³/mol. The van der Waals surface area contributed by atoms with Crippen LogP contribution in [0, 0.1) is 5.41 Å². The van der Waals surface area contributed by atoms with Crippen molar-refractivity contribution >= 4 is 20.5 Å². The van der Waals surface area contributed by atoms with E-state index in [1.165, 1.54) is 12.1 Å². The van der Waals surface area contributed by atoms with Crippen molar-refractivity contribution in [1.82, 2.24) is 4.73 Å². The maximum Gasteiger partial charge on any atom is 0.340 e. The first kappa shape index (κ1) is 11.0. The fourth-order valence-electron chi connectivity index (χ4n) is 1.51. The van der Waals surface area contributed by atoms with Crippen molar-refractivity contribution in [2.45, 2.75) is 19.0 Å². The van der Waals surface area contributed by atoms with E-state index in [0.29, 0.717) is 4.73 Å². The molecule has 0 aromatic carbocycles. The third kappa shape index (κ3) is 1.57. The number of nitrogens with zero attached hydrogens (tertiary/aromatic N) is 1. The highest BCUT2D eigenvalue weighted by atomic mass is 31.1. The van der Waals surface area contributed by atoms with Gasteiger partial charge in [0.15, 0.2) is 0 Å². The van der Waals surface area contributed by atoms with Crippen molar-refractivity contribution in [3.63, 3.8) is 0 Å². The van der Waals surface area contributed by atoms with Crippen LogP contribution in [0.5, 0.6) is 11.8 Å². The van der Waals surface area contributed by atoms with E-state index in [1.807, 2.05) is 0 Å². The maximum atomic E-state index is 11.8. The van der Waals surface area contributed by atoms with Crippen LogP contribution in [-0.4, -0.2) is 32.9 Å². The minimum Gasteiger partial charge on any atom is -0.492 e. The van der Waals surface area contributed by atoms with E-state index in [9.17, 15) is 15.0 Å². The topological polar surface area (TPSA) is 71.7 Å². The molecule has 0 spiro atoms. The lowest BCUT2D eigenvalue weighted by Crippen LogP contribution is -2.27. The Hall–Kier alpha value is -1.48. The summed E-state index contributed by atoms with van der Waals surface area (Å²) in [4.78, 5) is 16.7. The summed E-state index contributed by atoms with van der Waals surface area (Å²) in [5, 5.41) is 18.6. The molecular formula is C10H12NO4P. The second-order valence-electron chi connectivity index (χ2n) is 4.04. The predicted octanol–water partition coefficient (Wildman–Crippen LogP) is 1.01. The molecule has 1 aromatic heterocycles. The summed E-state index contributed by atoms with van der Waals surface area (Å²) in [6, 6.07) is 2.49. The Labute approximate surface area is 94.0 Å². The van der Waals surface area contributed by atoms with Crippen LogP contribution in [0.2, 0.25) is 0 Å². The molecule has 0 radical (unpaired) electrons. The van der Waals surface area contributed by atoms with Crippen LogP contribution < -0.4 is 4.84 Å². The van der Waals surface area contributed by atoms with Gasteiger partial charge in [0.1, 0.15) is 0 Å². The quantitative estimate of drug-likeness (QED) is 0.775. The van der Waals surface area contributed by atoms with Gasteiger partial charge in [-0.3, -0.25) is 0 Å². The summed E-state index contributed by atoms with van der Waals surface area (Å²) >= 11 is 0. The van der Waals surface area contributed by atoms with Gasteiger partial charge < -0.3 is 15.1 Å². The van der Waals surface area contributed by atoms with Crippen LogP contribution in [0.15, 0.2) is 12.1 Å². The first-order valence-electron chi connectivity index (χ1n) is 4.77. The molecule has 1 heterocycles. The summed E-state index contributed by atoms with van der Waals surface area (Å²) in [5.74, 6) is -1.08. The summed E-state index contributed by atoms with van der Waals surface area (Å²) in [6.07, 6.45) is 4.44. The number of carbonyl (C=O) groups is 1. The zero-order chi connectivity index (χ0) is 11.9. The molecule has 6 heteroatoms. The highest BCUT2D eigenvalue weighted by Gasteiger charge is 2.57. The molecule has 5 nitrogen and oxygen atoms in total. The second kappa shape index (κ2) is 3.52. The van der Waals surface area contributed by atoms with Crippen LogP contribution >= 0.6 is 8.20 Å². The van der Waals surface area contributed by atoms with Gasteiger partial charge in [0.2, 0.25) is 11.8 Å². The van der Waals surface area contributed by atoms with Crippen LogP contribution in [0.1, 0.15) is 13.3 Å². The van der Waals surface area contributed by atoms with Crippen LogP contribution in [0.4, 0.5) is 0 Å². The smallest absolute Gasteiger partial charge is 0.340 e. The van der Waals surface area contributed by atoms with Crippen LogP contribution in [0.25, 0.3) is 0 Å². The molecule has 1 saturated carbocycles. The Morgan fingerprint density at radius 2 is 2.19 bits per heavy atom. The molecule has 2 N–H and O–H groups in total. The number of hydrogen-bond donors (Lipinski definition) is 2. The van der Waals surface area contributed by atoms with Gasteiger partial charge >= 0.3 is 5.97 Å². The fourth-order valence-corrected chi connectivity index (χ4v) is 2.53. The molecule has 1 aliphatic rings. The molecule has 1 fully saturated rings. The summed E-state index contributed by atoms with van der Waals surface area (Å²) < 4.78 is 0.711. The molecule has 2 unspecified atom stereocenters. The van der Waals surface area contributed by atoms with E-state index in [4.69, 9.17) is 4.84 Å². The second-order valence-corrected chi connectivity index (χ2v) is 5.03. The summed E-state index contributed by atoms with van der Waals surface area (Å²) in [5.41, 5.74) is -0.355. The third-order valence-corrected chi connectivity index (χ3v) is 4.04. The van der Waals surface area contributed by atoms with Gasteiger partial charge in [0.05, 0.1) is 5.41 Å². The van der Waals surface area contributed by atoms with E-state index in [2.05, 4.69) is 6.30 Å². The van der Waals surface area contributed by atoms with Crippen molar-refractivity contribution < 1.29 is 19.8 Å². The molecule has 1 aromatic rings. The Kier molecular flexibility index (Phi) is 2.43. The lowest BCUT2D eigenvalue weighted by atomic mass is 10.1.